The number of nitrogens with zero attached hydrogens (tertiary/aromatic N) is 5. The Morgan fingerprint density at radius 1 is 0.245 bits per heavy atom. The Kier molecular flexibility index (Phi) is 15.0. The van der Waals surface area contributed by atoms with Gasteiger partial charge in [0.25, 0.3) is 13.4 Å². The van der Waals surface area contributed by atoms with E-state index in [2.05, 4.69) is 397 Å². The van der Waals surface area contributed by atoms with Crippen molar-refractivity contribution in [2.24, 2.45) is 11.8 Å². The van der Waals surface area contributed by atoms with Crippen molar-refractivity contribution in [3.63, 3.8) is 0 Å². The van der Waals surface area contributed by atoms with Crippen molar-refractivity contribution in [1.29, 1.82) is 0 Å². The molecule has 110 heavy (non-hydrogen) atoms. The van der Waals surface area contributed by atoms with Crippen molar-refractivity contribution < 1.29 is 0 Å². The van der Waals surface area contributed by atoms with Crippen LogP contribution in [0.4, 0.5) is 73.9 Å². The van der Waals surface area contributed by atoms with Crippen LogP contribution in [0, 0.1) is 11.8 Å². The molecule has 2 saturated heterocycles. The van der Waals surface area contributed by atoms with Gasteiger partial charge >= 0.3 is 0 Å². The number of hydrogen-bond donors (Lipinski definition) is 0. The summed E-state index contributed by atoms with van der Waals surface area (Å²) in [4.78, 5) is 13.8. The van der Waals surface area contributed by atoms with Gasteiger partial charge in [0.2, 0.25) is 0 Å². The van der Waals surface area contributed by atoms with Gasteiger partial charge in [-0.3, -0.25) is 0 Å². The van der Waals surface area contributed by atoms with Crippen LogP contribution in [0.1, 0.15) is 58.4 Å². The van der Waals surface area contributed by atoms with Crippen LogP contribution >= 0.6 is 0 Å². The van der Waals surface area contributed by atoms with Gasteiger partial charge in [-0.2, -0.15) is 0 Å². The molecule has 0 atom stereocenters. The summed E-state index contributed by atoms with van der Waals surface area (Å²) in [6.07, 6.45) is 6.27. The van der Waals surface area contributed by atoms with Gasteiger partial charge in [-0.1, -0.05) is 282 Å². The first-order valence-electron chi connectivity index (χ1n) is 39.7. The molecule has 4 bridgehead atoms. The first-order valence-corrected chi connectivity index (χ1v) is 39.7. The predicted molar refractivity (Wildman–Crippen MR) is 466 cm³/mol. The Morgan fingerprint density at radius 3 is 0.936 bits per heavy atom. The van der Waals surface area contributed by atoms with Crippen LogP contribution < -0.4 is 57.3 Å². The van der Waals surface area contributed by atoms with Crippen molar-refractivity contribution in [2.45, 2.75) is 70.4 Å². The minimum atomic E-state index is -0.242. The number of anilines is 13. The Hall–Kier alpha value is -12.6. The largest absolute Gasteiger partial charge is 0.365 e. The van der Waals surface area contributed by atoms with Crippen LogP contribution in [0.3, 0.4) is 0 Å². The lowest BCUT2D eigenvalue weighted by Gasteiger charge is -2.58. The quantitative estimate of drug-likeness (QED) is 0.120. The highest BCUT2D eigenvalue weighted by Crippen LogP contribution is 2.59. The Morgan fingerprint density at radius 2 is 0.555 bits per heavy atom. The Balaban J connectivity index is 0.919. The standard InChI is InChI=1S/C103H81B2N5/c1-103(2,3)77-61-95-99-96(62-77)108(79-46-26-11-27-47-79)93-66-94-90(65-89(93)104(99)87-48-28-30-50-91(87)107(95)78-44-24-10-25-45-78)105-88-49-29-31-51-92(88)109(101-83(71-36-16-6-17-37-71)57-75(69-32-12-4-13-33-69)58-84(101)72-38-18-7-19-39-72)97-63-82(106-80-53-67-52-68(55-80)56-81(106)54-67)64-98(100(97)105)110(94)102-85(73-40-20-8-21-41-73)59-76(70-34-14-5-15-35-70)60-86(102)74-42-22-9-23-43-74/h4-51,57-68,80-81H,52-56H2,1-3H3. The molecule has 15 aromatic rings. The maximum Gasteiger partial charge on any atom is 0.252 e. The molecule has 6 aliphatic heterocycles. The molecule has 6 heterocycles. The molecule has 8 aliphatic rings. The van der Waals surface area contributed by atoms with Gasteiger partial charge < -0.3 is 24.5 Å². The molecule has 0 N–H and O–H groups in total. The fourth-order valence-corrected chi connectivity index (χ4v) is 20.8. The average molecular weight is 1410 g/mol. The molecule has 2 aliphatic carbocycles. The summed E-state index contributed by atoms with van der Waals surface area (Å²) in [5.74, 6) is 1.51. The number of para-hydroxylation sites is 4. The minimum absolute atomic E-state index is 0.155. The summed E-state index contributed by atoms with van der Waals surface area (Å²) in [5.41, 5.74) is 38.3. The Labute approximate surface area is 646 Å². The highest BCUT2D eigenvalue weighted by atomic mass is 15.3. The molecular formula is C103H81B2N5. The SMILES string of the molecule is CC(C)(C)c1cc2c3c(c1)N(c1ccccc1)c1cc4c(cc1B3c1ccccc1N2c1ccccc1)B1c2ccccc2N(c2c(-c3ccccc3)cc(-c3ccccc3)cc2-c2ccccc2)c2cc(N3C5CC6CC(C5)CC3C6)cc(c21)N4c1c(-c2ccccc2)cc(-c2ccccc2)cc1-c1ccccc1. The van der Waals surface area contributed by atoms with Gasteiger partial charge in [0.05, 0.1) is 11.4 Å². The van der Waals surface area contributed by atoms with Crippen LogP contribution in [-0.4, -0.2) is 25.5 Å². The lowest BCUT2D eigenvalue weighted by molar-refractivity contribution is 0.0900. The molecule has 0 amide bonds. The van der Waals surface area contributed by atoms with E-state index < -0.39 is 0 Å². The van der Waals surface area contributed by atoms with Gasteiger partial charge in [0.15, 0.2) is 0 Å². The number of rotatable bonds is 11. The second-order valence-corrected chi connectivity index (χ2v) is 32.7. The first kappa shape index (κ1) is 64.6. The molecule has 0 spiro atoms. The van der Waals surface area contributed by atoms with Gasteiger partial charge in [-0.15, -0.1) is 0 Å². The monoisotopic (exact) mass is 1410 g/mol. The van der Waals surface area contributed by atoms with Gasteiger partial charge in [0, 0.05) is 96.9 Å². The van der Waals surface area contributed by atoms with Crippen LogP contribution in [-0.2, 0) is 5.41 Å². The van der Waals surface area contributed by atoms with E-state index in [4.69, 9.17) is 0 Å². The van der Waals surface area contributed by atoms with E-state index in [-0.39, 0.29) is 18.8 Å². The summed E-state index contributed by atoms with van der Waals surface area (Å²) >= 11 is 0. The van der Waals surface area contributed by atoms with E-state index in [0.717, 1.165) is 56.8 Å². The van der Waals surface area contributed by atoms with E-state index in [9.17, 15) is 0 Å². The number of piperidine rings is 2. The van der Waals surface area contributed by atoms with Crippen molar-refractivity contribution in [2.75, 3.05) is 24.5 Å². The summed E-state index contributed by atoms with van der Waals surface area (Å²) in [6.45, 7) is 6.74. The molecule has 5 nitrogen and oxygen atoms in total. The van der Waals surface area contributed by atoms with Crippen LogP contribution in [0.25, 0.3) is 66.8 Å². The van der Waals surface area contributed by atoms with Crippen molar-refractivity contribution >= 4 is 120 Å². The van der Waals surface area contributed by atoms with Crippen molar-refractivity contribution in [3.05, 3.63) is 357 Å². The summed E-state index contributed by atoms with van der Waals surface area (Å²) in [5, 5.41) is 0. The normalized spacial score (nSPS) is 17.3. The third-order valence-electron chi connectivity index (χ3n) is 25.3. The lowest BCUT2D eigenvalue weighted by atomic mass is 9.30. The third-order valence-corrected chi connectivity index (χ3v) is 25.3. The topological polar surface area (TPSA) is 16.2 Å². The molecule has 7 heteroatoms. The minimum Gasteiger partial charge on any atom is -0.365 e. The van der Waals surface area contributed by atoms with E-state index in [1.807, 2.05) is 0 Å². The van der Waals surface area contributed by atoms with Crippen molar-refractivity contribution in [1.82, 2.24) is 0 Å². The van der Waals surface area contributed by atoms with Crippen LogP contribution in [0.5, 0.6) is 0 Å². The fourth-order valence-electron chi connectivity index (χ4n) is 20.8. The van der Waals surface area contributed by atoms with Crippen LogP contribution in [0.15, 0.2) is 352 Å². The highest BCUT2D eigenvalue weighted by molar-refractivity contribution is 7.03. The predicted octanol–water partition coefficient (Wildman–Crippen LogP) is 22.9. The lowest BCUT2D eigenvalue weighted by Crippen LogP contribution is -2.65. The summed E-state index contributed by atoms with van der Waals surface area (Å²) in [6, 6.07) is 135. The molecule has 0 aromatic heterocycles. The zero-order valence-electron chi connectivity index (χ0n) is 62.2. The molecule has 23 rings (SSSR count). The highest BCUT2D eigenvalue weighted by Gasteiger charge is 2.52. The molecular weight excluding hydrogens is 1330 g/mol. The maximum absolute atomic E-state index is 2.97. The van der Waals surface area contributed by atoms with E-state index >= 15 is 0 Å². The molecule has 0 radical (unpaired) electrons. The first-order chi connectivity index (χ1) is 54.2. The third kappa shape index (κ3) is 10.3. The summed E-state index contributed by atoms with van der Waals surface area (Å²) < 4.78 is 0. The van der Waals surface area contributed by atoms with Crippen LogP contribution in [0.2, 0.25) is 0 Å². The van der Waals surface area contributed by atoms with E-state index in [1.54, 1.807) is 0 Å². The number of benzene rings is 15. The number of hydrogen-bond acceptors (Lipinski definition) is 5. The second-order valence-electron chi connectivity index (χ2n) is 32.7. The maximum atomic E-state index is 2.97. The van der Waals surface area contributed by atoms with Gasteiger partial charge in [-0.05, 0) is 223 Å². The fraction of sp³-hybridized carbons (Fsp3) is 0.126. The Bertz CT molecular complexity index is 5960. The van der Waals surface area contributed by atoms with E-state index in [0.29, 0.717) is 12.1 Å². The van der Waals surface area contributed by atoms with Gasteiger partial charge in [-0.25, -0.2) is 0 Å². The summed E-state index contributed by atoms with van der Waals surface area (Å²) in [7, 11) is 0. The smallest absolute Gasteiger partial charge is 0.252 e. The molecule has 4 fully saturated rings. The zero-order chi connectivity index (χ0) is 72.9. The average Bonchev–Trinajstić information content (AvgIpc) is 0.677. The van der Waals surface area contributed by atoms with E-state index in [1.165, 1.54) is 166 Å². The van der Waals surface area contributed by atoms with Crippen molar-refractivity contribution in [3.8, 4) is 66.8 Å². The molecule has 524 valence electrons. The molecule has 2 saturated carbocycles. The van der Waals surface area contributed by atoms with Gasteiger partial charge in [0.1, 0.15) is 0 Å². The second kappa shape index (κ2) is 25.5. The number of fused-ring (bicyclic) bond motifs is 8. The molecule has 0 unspecified atom stereocenters. The zero-order valence-corrected chi connectivity index (χ0v) is 62.2. The molecule has 15 aromatic carbocycles.